The number of furan rings is 1. The van der Waals surface area contributed by atoms with Gasteiger partial charge in [-0.3, -0.25) is 0 Å². The van der Waals surface area contributed by atoms with E-state index in [1.165, 1.54) is 19.3 Å². The molecule has 1 aliphatic carbocycles. The Hall–Kier alpha value is -1.02. The van der Waals surface area contributed by atoms with E-state index in [9.17, 15) is 0 Å². The van der Waals surface area contributed by atoms with E-state index >= 15 is 0 Å². The highest BCUT2D eigenvalue weighted by Crippen LogP contribution is 2.10. The topological polar surface area (TPSA) is 25.2 Å². The van der Waals surface area contributed by atoms with E-state index in [0.29, 0.717) is 6.04 Å². The van der Waals surface area contributed by atoms with Gasteiger partial charge in [-0.2, -0.15) is 0 Å². The predicted molar refractivity (Wildman–Crippen MR) is 57.2 cm³/mol. The summed E-state index contributed by atoms with van der Waals surface area (Å²) in [6, 6.07) is 4.55. The Morgan fingerprint density at radius 3 is 3.21 bits per heavy atom. The Bertz CT molecular complexity index is 277. The molecule has 0 aromatic carbocycles. The van der Waals surface area contributed by atoms with Gasteiger partial charge in [-0.1, -0.05) is 12.2 Å². The summed E-state index contributed by atoms with van der Waals surface area (Å²) in [6.07, 6.45) is 11.1. The van der Waals surface area contributed by atoms with Crippen molar-refractivity contribution in [2.75, 3.05) is 6.54 Å². The number of hydrogen-bond donors (Lipinski definition) is 1. The first-order chi connectivity index (χ1) is 6.95. The van der Waals surface area contributed by atoms with Gasteiger partial charge in [0.15, 0.2) is 0 Å². The Morgan fingerprint density at radius 1 is 1.50 bits per heavy atom. The maximum atomic E-state index is 5.26. The largest absolute Gasteiger partial charge is 0.469 e. The number of nitrogens with one attached hydrogen (secondary N) is 1. The first kappa shape index (κ1) is 9.53. The molecule has 14 heavy (non-hydrogen) atoms. The van der Waals surface area contributed by atoms with Crippen molar-refractivity contribution in [3.63, 3.8) is 0 Å². The Morgan fingerprint density at radius 2 is 2.50 bits per heavy atom. The van der Waals surface area contributed by atoms with Crippen LogP contribution in [0.1, 0.15) is 25.0 Å². The SMILES string of the molecule is C1=CC(NCCc2ccco2)CCC1. The molecule has 1 aliphatic rings. The van der Waals surface area contributed by atoms with Crippen molar-refractivity contribution < 1.29 is 4.42 Å². The zero-order chi connectivity index (χ0) is 9.64. The molecule has 76 valence electrons. The van der Waals surface area contributed by atoms with Crippen molar-refractivity contribution in [3.05, 3.63) is 36.3 Å². The van der Waals surface area contributed by atoms with Crippen LogP contribution in [0, 0.1) is 0 Å². The van der Waals surface area contributed by atoms with Crippen LogP contribution in [0.2, 0.25) is 0 Å². The summed E-state index contributed by atoms with van der Waals surface area (Å²) in [5, 5.41) is 3.51. The van der Waals surface area contributed by atoms with Crippen molar-refractivity contribution in [3.8, 4) is 0 Å². The molecule has 1 aromatic heterocycles. The average molecular weight is 191 g/mol. The van der Waals surface area contributed by atoms with Gasteiger partial charge < -0.3 is 9.73 Å². The predicted octanol–water partition coefficient (Wildman–Crippen LogP) is 2.52. The van der Waals surface area contributed by atoms with Crippen LogP contribution in [0.3, 0.4) is 0 Å². The molecule has 2 heteroatoms. The lowest BCUT2D eigenvalue weighted by Crippen LogP contribution is -2.30. The van der Waals surface area contributed by atoms with Gasteiger partial charge in [-0.15, -0.1) is 0 Å². The van der Waals surface area contributed by atoms with Crippen molar-refractivity contribution in [2.45, 2.75) is 31.7 Å². The Kier molecular flexibility index (Phi) is 3.41. The molecule has 2 rings (SSSR count). The fourth-order valence-electron chi connectivity index (χ4n) is 1.82. The fourth-order valence-corrected chi connectivity index (χ4v) is 1.82. The standard InChI is InChI=1S/C12H17NO/c1-2-5-11(6-3-1)13-9-8-12-7-4-10-14-12/h2,4-5,7,10-11,13H,1,3,6,8-9H2. The Labute approximate surface area is 85.0 Å². The minimum absolute atomic E-state index is 0.582. The second-order valence-corrected chi connectivity index (χ2v) is 3.75. The van der Waals surface area contributed by atoms with E-state index in [-0.39, 0.29) is 0 Å². The molecule has 0 spiro atoms. The minimum Gasteiger partial charge on any atom is -0.469 e. The summed E-state index contributed by atoms with van der Waals surface area (Å²) in [7, 11) is 0. The summed E-state index contributed by atoms with van der Waals surface area (Å²) in [5.41, 5.74) is 0. The van der Waals surface area contributed by atoms with Gasteiger partial charge in [0.05, 0.1) is 6.26 Å². The van der Waals surface area contributed by atoms with Crippen LogP contribution in [0.15, 0.2) is 35.0 Å². The highest BCUT2D eigenvalue weighted by molar-refractivity contribution is 5.00. The van der Waals surface area contributed by atoms with Crippen molar-refractivity contribution in [1.82, 2.24) is 5.32 Å². The van der Waals surface area contributed by atoms with Crippen molar-refractivity contribution in [2.24, 2.45) is 0 Å². The second-order valence-electron chi connectivity index (χ2n) is 3.75. The third-order valence-corrected chi connectivity index (χ3v) is 2.61. The van der Waals surface area contributed by atoms with E-state index in [2.05, 4.69) is 17.5 Å². The monoisotopic (exact) mass is 191 g/mol. The molecule has 2 nitrogen and oxygen atoms in total. The zero-order valence-electron chi connectivity index (χ0n) is 8.41. The van der Waals surface area contributed by atoms with Crippen molar-refractivity contribution in [1.29, 1.82) is 0 Å². The van der Waals surface area contributed by atoms with Crippen LogP contribution in [-0.4, -0.2) is 12.6 Å². The number of rotatable bonds is 4. The molecular formula is C12H17NO. The second kappa shape index (κ2) is 5.01. The molecule has 0 saturated heterocycles. The zero-order valence-corrected chi connectivity index (χ0v) is 8.41. The summed E-state index contributed by atoms with van der Waals surface area (Å²) in [6.45, 7) is 1.00. The Balaban J connectivity index is 1.67. The summed E-state index contributed by atoms with van der Waals surface area (Å²) in [5.74, 6) is 1.07. The van der Waals surface area contributed by atoms with Gasteiger partial charge in [0, 0.05) is 19.0 Å². The molecule has 0 aliphatic heterocycles. The molecule has 0 amide bonds. The molecule has 1 atom stereocenters. The van der Waals surface area contributed by atoms with E-state index in [0.717, 1.165) is 18.7 Å². The highest BCUT2D eigenvalue weighted by Gasteiger charge is 2.06. The van der Waals surface area contributed by atoms with Gasteiger partial charge in [-0.25, -0.2) is 0 Å². The van der Waals surface area contributed by atoms with Crippen LogP contribution >= 0.6 is 0 Å². The summed E-state index contributed by atoms with van der Waals surface area (Å²) >= 11 is 0. The van der Waals surface area contributed by atoms with Crippen LogP contribution in [0.4, 0.5) is 0 Å². The van der Waals surface area contributed by atoms with Crippen LogP contribution < -0.4 is 5.32 Å². The number of allylic oxidation sites excluding steroid dienone is 1. The smallest absolute Gasteiger partial charge is 0.105 e. The normalized spacial score (nSPS) is 21.3. The lowest BCUT2D eigenvalue weighted by molar-refractivity contribution is 0.476. The number of hydrogen-bond acceptors (Lipinski definition) is 2. The first-order valence-corrected chi connectivity index (χ1v) is 5.37. The van der Waals surface area contributed by atoms with Gasteiger partial charge in [0.25, 0.3) is 0 Å². The quantitative estimate of drug-likeness (QED) is 0.740. The lowest BCUT2D eigenvalue weighted by Gasteiger charge is -2.17. The highest BCUT2D eigenvalue weighted by atomic mass is 16.3. The molecule has 1 aromatic rings. The van der Waals surface area contributed by atoms with Crippen LogP contribution in [0.25, 0.3) is 0 Å². The van der Waals surface area contributed by atoms with Gasteiger partial charge >= 0.3 is 0 Å². The fraction of sp³-hybridized carbons (Fsp3) is 0.500. The van der Waals surface area contributed by atoms with Gasteiger partial charge in [-0.05, 0) is 31.4 Å². The first-order valence-electron chi connectivity index (χ1n) is 5.37. The third kappa shape index (κ3) is 2.74. The average Bonchev–Trinajstić information content (AvgIpc) is 2.72. The van der Waals surface area contributed by atoms with Crippen LogP contribution in [0.5, 0.6) is 0 Å². The van der Waals surface area contributed by atoms with E-state index < -0.39 is 0 Å². The molecule has 0 radical (unpaired) electrons. The molecule has 0 saturated carbocycles. The lowest BCUT2D eigenvalue weighted by atomic mass is 10.0. The summed E-state index contributed by atoms with van der Waals surface area (Å²) < 4.78 is 5.26. The molecule has 1 heterocycles. The van der Waals surface area contributed by atoms with E-state index in [1.54, 1.807) is 6.26 Å². The maximum absolute atomic E-state index is 5.26. The van der Waals surface area contributed by atoms with Crippen LogP contribution in [-0.2, 0) is 6.42 Å². The molecule has 0 fully saturated rings. The van der Waals surface area contributed by atoms with Crippen molar-refractivity contribution >= 4 is 0 Å². The third-order valence-electron chi connectivity index (χ3n) is 2.61. The van der Waals surface area contributed by atoms with E-state index in [4.69, 9.17) is 4.42 Å². The summed E-state index contributed by atoms with van der Waals surface area (Å²) in [4.78, 5) is 0. The minimum atomic E-state index is 0.582. The van der Waals surface area contributed by atoms with E-state index in [1.807, 2.05) is 12.1 Å². The maximum Gasteiger partial charge on any atom is 0.105 e. The molecule has 1 unspecified atom stereocenters. The molecule has 1 N–H and O–H groups in total. The van der Waals surface area contributed by atoms with Gasteiger partial charge in [0.1, 0.15) is 5.76 Å². The molecular weight excluding hydrogens is 174 g/mol. The van der Waals surface area contributed by atoms with Gasteiger partial charge in [0.2, 0.25) is 0 Å². The molecule has 0 bridgehead atoms.